The second-order valence-electron chi connectivity index (χ2n) is 6.04. The molecule has 3 rings (SSSR count). The van der Waals surface area contributed by atoms with Crippen LogP contribution in [-0.2, 0) is 16.1 Å². The zero-order valence-corrected chi connectivity index (χ0v) is 15.0. The number of nitrogens with one attached hydrogen (secondary N) is 2. The molecule has 128 valence electrons. The smallest absolute Gasteiger partial charge is 0.338 e. The predicted octanol–water partition coefficient (Wildman–Crippen LogP) is 3.53. The van der Waals surface area contributed by atoms with E-state index in [-0.39, 0.29) is 18.6 Å². The van der Waals surface area contributed by atoms with E-state index in [1.165, 1.54) is 0 Å². The number of carbonyl (C=O) groups excluding carboxylic acids is 1. The van der Waals surface area contributed by atoms with Crippen LogP contribution in [0.15, 0.2) is 65.9 Å². The van der Waals surface area contributed by atoms with Crippen LogP contribution in [0.2, 0.25) is 0 Å². The summed E-state index contributed by atoms with van der Waals surface area (Å²) >= 11 is 5.26. The van der Waals surface area contributed by atoms with Crippen molar-refractivity contribution in [2.75, 3.05) is 0 Å². The van der Waals surface area contributed by atoms with Gasteiger partial charge in [-0.1, -0.05) is 60.2 Å². The molecule has 1 aliphatic rings. The van der Waals surface area contributed by atoms with Gasteiger partial charge < -0.3 is 15.4 Å². The summed E-state index contributed by atoms with van der Waals surface area (Å²) in [6.45, 7) is 4.11. The van der Waals surface area contributed by atoms with Gasteiger partial charge in [-0.3, -0.25) is 0 Å². The number of benzene rings is 2. The Morgan fingerprint density at radius 1 is 1.08 bits per heavy atom. The van der Waals surface area contributed by atoms with Crippen molar-refractivity contribution in [1.82, 2.24) is 10.6 Å². The van der Waals surface area contributed by atoms with Crippen molar-refractivity contribution in [1.29, 1.82) is 0 Å². The first-order chi connectivity index (χ1) is 12.0. The topological polar surface area (TPSA) is 50.4 Å². The summed E-state index contributed by atoms with van der Waals surface area (Å²) in [6, 6.07) is 17.3. The van der Waals surface area contributed by atoms with E-state index in [1.54, 1.807) is 0 Å². The van der Waals surface area contributed by atoms with Gasteiger partial charge in [-0.05, 0) is 37.2 Å². The van der Waals surface area contributed by atoms with Gasteiger partial charge in [0.2, 0.25) is 0 Å². The molecule has 2 N–H and O–H groups in total. The van der Waals surface area contributed by atoms with Crippen LogP contribution in [0.3, 0.4) is 0 Å². The highest BCUT2D eigenvalue weighted by Gasteiger charge is 2.30. The molecule has 0 spiro atoms. The number of carbonyl (C=O) groups is 1. The Hall–Kier alpha value is -2.66. The van der Waals surface area contributed by atoms with Gasteiger partial charge in [-0.25, -0.2) is 4.79 Å². The average molecular weight is 352 g/mol. The SMILES string of the molecule is CC1=C(C(=O)OCc2ccccc2)[C@@H](c2ccc(C)cc2)NC(=S)N1. The Balaban J connectivity index is 1.84. The highest BCUT2D eigenvalue weighted by Crippen LogP contribution is 2.28. The molecule has 0 unspecified atom stereocenters. The fourth-order valence-electron chi connectivity index (χ4n) is 2.77. The van der Waals surface area contributed by atoms with Gasteiger partial charge in [0, 0.05) is 5.70 Å². The third kappa shape index (κ3) is 4.06. The zero-order valence-electron chi connectivity index (χ0n) is 14.2. The molecule has 0 aliphatic carbocycles. The highest BCUT2D eigenvalue weighted by molar-refractivity contribution is 7.80. The van der Waals surface area contributed by atoms with E-state index in [0.29, 0.717) is 16.4 Å². The van der Waals surface area contributed by atoms with Crippen LogP contribution >= 0.6 is 12.2 Å². The van der Waals surface area contributed by atoms with E-state index in [4.69, 9.17) is 17.0 Å². The summed E-state index contributed by atoms with van der Waals surface area (Å²) in [4.78, 5) is 12.7. The number of rotatable bonds is 4. The zero-order chi connectivity index (χ0) is 17.8. The van der Waals surface area contributed by atoms with Gasteiger partial charge in [0.15, 0.2) is 5.11 Å². The second kappa shape index (κ2) is 7.49. The third-order valence-electron chi connectivity index (χ3n) is 4.11. The van der Waals surface area contributed by atoms with Gasteiger partial charge in [0.25, 0.3) is 0 Å². The van der Waals surface area contributed by atoms with Gasteiger partial charge in [0.05, 0.1) is 11.6 Å². The van der Waals surface area contributed by atoms with Gasteiger partial charge >= 0.3 is 5.97 Å². The molecule has 25 heavy (non-hydrogen) atoms. The van der Waals surface area contributed by atoms with E-state index in [1.807, 2.05) is 68.4 Å². The van der Waals surface area contributed by atoms with E-state index < -0.39 is 0 Å². The maximum atomic E-state index is 12.7. The predicted molar refractivity (Wildman–Crippen MR) is 102 cm³/mol. The maximum Gasteiger partial charge on any atom is 0.338 e. The Labute approximate surface area is 152 Å². The number of hydrogen-bond donors (Lipinski definition) is 2. The Kier molecular flexibility index (Phi) is 5.14. The number of aryl methyl sites for hydroxylation is 1. The van der Waals surface area contributed by atoms with Gasteiger partial charge in [-0.15, -0.1) is 0 Å². The Morgan fingerprint density at radius 2 is 1.76 bits per heavy atom. The summed E-state index contributed by atoms with van der Waals surface area (Å²) in [7, 11) is 0. The third-order valence-corrected chi connectivity index (χ3v) is 4.33. The standard InChI is InChI=1S/C20H20N2O2S/c1-13-8-10-16(11-9-13)18-17(14(2)21-20(25)22-18)19(23)24-12-15-6-4-3-5-7-15/h3-11,18H,12H2,1-2H3,(H2,21,22,25)/t18-/m1/s1. The molecule has 0 saturated heterocycles. The van der Waals surface area contributed by atoms with Crippen LogP contribution in [-0.4, -0.2) is 11.1 Å². The lowest BCUT2D eigenvalue weighted by molar-refractivity contribution is -0.140. The molecule has 1 atom stereocenters. The van der Waals surface area contributed by atoms with Crippen LogP contribution in [0.4, 0.5) is 0 Å². The molecular weight excluding hydrogens is 332 g/mol. The molecule has 2 aromatic rings. The maximum absolute atomic E-state index is 12.7. The number of thiocarbonyl (C=S) groups is 1. The minimum atomic E-state index is -0.352. The summed E-state index contributed by atoms with van der Waals surface area (Å²) < 4.78 is 5.53. The van der Waals surface area contributed by atoms with Crippen LogP contribution in [0.1, 0.15) is 29.7 Å². The van der Waals surface area contributed by atoms with Crippen LogP contribution in [0, 0.1) is 6.92 Å². The fourth-order valence-corrected chi connectivity index (χ4v) is 3.05. The van der Waals surface area contributed by atoms with Crippen molar-refractivity contribution < 1.29 is 9.53 Å². The molecular formula is C20H20N2O2S. The van der Waals surface area contributed by atoms with Crippen molar-refractivity contribution in [2.45, 2.75) is 26.5 Å². The van der Waals surface area contributed by atoms with E-state index in [9.17, 15) is 4.79 Å². The average Bonchev–Trinajstić information content (AvgIpc) is 2.60. The van der Waals surface area contributed by atoms with Gasteiger partial charge in [0.1, 0.15) is 6.61 Å². The number of esters is 1. The second-order valence-corrected chi connectivity index (χ2v) is 6.45. The minimum Gasteiger partial charge on any atom is -0.457 e. The summed E-state index contributed by atoms with van der Waals surface area (Å²) in [5.74, 6) is -0.352. The fraction of sp³-hybridized carbons (Fsp3) is 0.200. The molecule has 0 amide bonds. The van der Waals surface area contributed by atoms with Crippen LogP contribution < -0.4 is 10.6 Å². The summed E-state index contributed by atoms with van der Waals surface area (Å²) in [6.07, 6.45) is 0. The van der Waals surface area contributed by atoms with Crippen molar-refractivity contribution in [3.05, 3.63) is 82.6 Å². The molecule has 4 nitrogen and oxygen atoms in total. The highest BCUT2D eigenvalue weighted by atomic mass is 32.1. The van der Waals surface area contributed by atoms with Crippen molar-refractivity contribution in [2.24, 2.45) is 0 Å². The largest absolute Gasteiger partial charge is 0.457 e. The molecule has 0 radical (unpaired) electrons. The monoisotopic (exact) mass is 352 g/mol. The van der Waals surface area contributed by atoms with Crippen LogP contribution in [0.25, 0.3) is 0 Å². The molecule has 0 aromatic heterocycles. The first-order valence-electron chi connectivity index (χ1n) is 8.10. The lowest BCUT2D eigenvalue weighted by Gasteiger charge is -2.30. The van der Waals surface area contributed by atoms with E-state index in [2.05, 4.69) is 10.6 Å². The molecule has 2 aromatic carbocycles. The first-order valence-corrected chi connectivity index (χ1v) is 8.51. The molecule has 0 bridgehead atoms. The number of allylic oxidation sites excluding steroid dienone is 1. The molecule has 1 aliphatic heterocycles. The van der Waals surface area contributed by atoms with Crippen molar-refractivity contribution >= 4 is 23.3 Å². The lowest BCUT2D eigenvalue weighted by atomic mass is 9.95. The van der Waals surface area contributed by atoms with E-state index >= 15 is 0 Å². The van der Waals surface area contributed by atoms with Crippen molar-refractivity contribution in [3.8, 4) is 0 Å². The Bertz CT molecular complexity index is 813. The van der Waals surface area contributed by atoms with E-state index in [0.717, 1.165) is 16.7 Å². The first kappa shape index (κ1) is 17.2. The Morgan fingerprint density at radius 3 is 2.44 bits per heavy atom. The number of ether oxygens (including phenoxy) is 1. The molecule has 0 saturated carbocycles. The molecule has 0 fully saturated rings. The molecule has 1 heterocycles. The summed E-state index contributed by atoms with van der Waals surface area (Å²) in [5, 5.41) is 6.69. The van der Waals surface area contributed by atoms with Gasteiger partial charge in [-0.2, -0.15) is 0 Å². The van der Waals surface area contributed by atoms with Crippen LogP contribution in [0.5, 0.6) is 0 Å². The lowest BCUT2D eigenvalue weighted by Crippen LogP contribution is -2.45. The number of hydrogen-bond acceptors (Lipinski definition) is 3. The quantitative estimate of drug-likeness (QED) is 0.651. The minimum absolute atomic E-state index is 0.238. The van der Waals surface area contributed by atoms with Crippen molar-refractivity contribution in [3.63, 3.8) is 0 Å². The molecule has 5 heteroatoms. The normalized spacial score (nSPS) is 16.9. The summed E-state index contributed by atoms with van der Waals surface area (Å²) in [5.41, 5.74) is 4.35.